The quantitative estimate of drug-likeness (QED) is 0.875. The molecule has 1 aliphatic heterocycles. The maximum Gasteiger partial charge on any atom is 0.248 e. The number of ketones is 1. The van der Waals surface area contributed by atoms with Crippen molar-refractivity contribution in [3.63, 3.8) is 0 Å². The van der Waals surface area contributed by atoms with Crippen LogP contribution in [0, 0.1) is 0 Å². The van der Waals surface area contributed by atoms with Crippen LogP contribution >= 0.6 is 0 Å². The fourth-order valence-corrected chi connectivity index (χ4v) is 2.57. The Morgan fingerprint density at radius 1 is 1.43 bits per heavy atom. The SMILES string of the molecule is COc1nc(C2NCCC2=O)cc2cc(C(N)=O)ccc12. The van der Waals surface area contributed by atoms with Gasteiger partial charge in [0.25, 0.3) is 0 Å². The van der Waals surface area contributed by atoms with Gasteiger partial charge in [0, 0.05) is 23.9 Å². The highest BCUT2D eigenvalue weighted by Gasteiger charge is 2.27. The van der Waals surface area contributed by atoms with E-state index in [2.05, 4.69) is 10.3 Å². The number of hydrogen-bond donors (Lipinski definition) is 2. The Kier molecular flexibility index (Phi) is 3.31. The van der Waals surface area contributed by atoms with Gasteiger partial charge >= 0.3 is 0 Å². The number of aromatic nitrogens is 1. The van der Waals surface area contributed by atoms with E-state index in [1.54, 1.807) is 24.3 Å². The highest BCUT2D eigenvalue weighted by Crippen LogP contribution is 2.29. The van der Waals surface area contributed by atoms with Gasteiger partial charge in [-0.25, -0.2) is 4.98 Å². The van der Waals surface area contributed by atoms with Gasteiger partial charge in [0.1, 0.15) is 6.04 Å². The molecule has 6 heteroatoms. The summed E-state index contributed by atoms with van der Waals surface area (Å²) in [5.41, 5.74) is 6.32. The van der Waals surface area contributed by atoms with E-state index < -0.39 is 11.9 Å². The second-order valence-corrected chi connectivity index (χ2v) is 4.96. The summed E-state index contributed by atoms with van der Waals surface area (Å²) < 4.78 is 5.30. The molecule has 2 heterocycles. The van der Waals surface area contributed by atoms with Crippen molar-refractivity contribution in [2.24, 2.45) is 5.73 Å². The number of pyridine rings is 1. The Labute approximate surface area is 121 Å². The van der Waals surface area contributed by atoms with E-state index in [0.29, 0.717) is 30.1 Å². The Balaban J connectivity index is 2.18. The molecule has 0 saturated carbocycles. The number of rotatable bonds is 3. The fourth-order valence-electron chi connectivity index (χ4n) is 2.57. The summed E-state index contributed by atoms with van der Waals surface area (Å²) in [6.45, 7) is 0.646. The van der Waals surface area contributed by atoms with Gasteiger partial charge in [0.15, 0.2) is 5.78 Å². The molecule has 6 nitrogen and oxygen atoms in total. The number of hydrogen-bond acceptors (Lipinski definition) is 5. The fraction of sp³-hybridized carbons (Fsp3) is 0.267. The number of amides is 1. The molecule has 1 amide bonds. The maximum absolute atomic E-state index is 11.9. The van der Waals surface area contributed by atoms with E-state index in [-0.39, 0.29) is 5.78 Å². The lowest BCUT2D eigenvalue weighted by molar-refractivity contribution is -0.118. The molecule has 3 N–H and O–H groups in total. The molecule has 3 rings (SSSR count). The smallest absolute Gasteiger partial charge is 0.248 e. The number of nitrogens with zero attached hydrogens (tertiary/aromatic N) is 1. The van der Waals surface area contributed by atoms with Crippen molar-refractivity contribution >= 4 is 22.5 Å². The zero-order valence-electron chi connectivity index (χ0n) is 11.6. The molecule has 1 saturated heterocycles. The summed E-state index contributed by atoms with van der Waals surface area (Å²) in [7, 11) is 1.53. The number of ether oxygens (including phenoxy) is 1. The summed E-state index contributed by atoms with van der Waals surface area (Å²) in [5, 5.41) is 4.66. The highest BCUT2D eigenvalue weighted by atomic mass is 16.5. The van der Waals surface area contributed by atoms with E-state index in [1.165, 1.54) is 7.11 Å². The molecular formula is C15H15N3O3. The predicted molar refractivity (Wildman–Crippen MR) is 77.2 cm³/mol. The molecule has 1 aliphatic rings. The predicted octanol–water partition coefficient (Wildman–Crippen LogP) is 0.946. The molecule has 0 radical (unpaired) electrons. The second kappa shape index (κ2) is 5.14. The first kappa shape index (κ1) is 13.5. The minimum Gasteiger partial charge on any atom is -0.481 e. The van der Waals surface area contributed by atoms with E-state index in [1.807, 2.05) is 0 Å². The molecule has 21 heavy (non-hydrogen) atoms. The molecular weight excluding hydrogens is 270 g/mol. The zero-order chi connectivity index (χ0) is 15.0. The van der Waals surface area contributed by atoms with Gasteiger partial charge in [0.05, 0.1) is 12.8 Å². The first-order valence-electron chi connectivity index (χ1n) is 6.65. The lowest BCUT2D eigenvalue weighted by Crippen LogP contribution is -2.19. The maximum atomic E-state index is 11.9. The van der Waals surface area contributed by atoms with Gasteiger partial charge in [-0.3, -0.25) is 9.59 Å². The molecule has 1 atom stereocenters. The first-order valence-corrected chi connectivity index (χ1v) is 6.65. The molecule has 108 valence electrons. The average Bonchev–Trinajstić information content (AvgIpc) is 2.91. The lowest BCUT2D eigenvalue weighted by Gasteiger charge is -2.13. The van der Waals surface area contributed by atoms with Crippen molar-refractivity contribution in [2.45, 2.75) is 12.5 Å². The van der Waals surface area contributed by atoms with Crippen LogP contribution < -0.4 is 15.8 Å². The van der Waals surface area contributed by atoms with Crippen LogP contribution in [-0.2, 0) is 4.79 Å². The van der Waals surface area contributed by atoms with Crippen LogP contribution in [0.3, 0.4) is 0 Å². The Bertz CT molecular complexity index is 742. The average molecular weight is 285 g/mol. The largest absolute Gasteiger partial charge is 0.481 e. The number of nitrogens with two attached hydrogens (primary N) is 1. The van der Waals surface area contributed by atoms with Crippen molar-refractivity contribution in [1.29, 1.82) is 0 Å². The number of methoxy groups -OCH3 is 1. The van der Waals surface area contributed by atoms with Crippen LogP contribution in [0.15, 0.2) is 24.3 Å². The standard InChI is InChI=1S/C15H15N3O3/c1-21-15-10-3-2-8(14(16)20)6-9(10)7-11(18-15)13-12(19)4-5-17-13/h2-3,6-7,13,17H,4-5H2,1H3,(H2,16,20). The topological polar surface area (TPSA) is 94.3 Å². The third-order valence-electron chi connectivity index (χ3n) is 3.63. The van der Waals surface area contributed by atoms with Gasteiger partial charge < -0.3 is 15.8 Å². The summed E-state index contributed by atoms with van der Waals surface area (Å²) in [6.07, 6.45) is 0.494. The van der Waals surface area contributed by atoms with E-state index in [9.17, 15) is 9.59 Å². The summed E-state index contributed by atoms with van der Waals surface area (Å²) in [6, 6.07) is 6.44. The van der Waals surface area contributed by atoms with Crippen LogP contribution in [0.1, 0.15) is 28.5 Å². The van der Waals surface area contributed by atoms with Crippen LogP contribution in [0.2, 0.25) is 0 Å². The Morgan fingerprint density at radius 3 is 2.86 bits per heavy atom. The highest BCUT2D eigenvalue weighted by molar-refractivity contribution is 5.99. The number of carbonyl (C=O) groups is 2. The van der Waals surface area contributed by atoms with Crippen molar-refractivity contribution in [3.05, 3.63) is 35.5 Å². The zero-order valence-corrected chi connectivity index (χ0v) is 11.6. The summed E-state index contributed by atoms with van der Waals surface area (Å²) in [4.78, 5) is 27.6. The molecule has 0 bridgehead atoms. The molecule has 1 aromatic heterocycles. The van der Waals surface area contributed by atoms with E-state index in [0.717, 1.165) is 10.8 Å². The van der Waals surface area contributed by atoms with E-state index >= 15 is 0 Å². The monoisotopic (exact) mass is 285 g/mol. The number of carbonyl (C=O) groups excluding carboxylic acids is 2. The van der Waals surface area contributed by atoms with Crippen molar-refractivity contribution < 1.29 is 14.3 Å². The van der Waals surface area contributed by atoms with Crippen molar-refractivity contribution in [3.8, 4) is 5.88 Å². The minimum absolute atomic E-state index is 0.106. The molecule has 1 fully saturated rings. The summed E-state index contributed by atoms with van der Waals surface area (Å²) in [5.74, 6) is 0.0410. The molecule has 1 aromatic carbocycles. The van der Waals surface area contributed by atoms with Gasteiger partial charge in [-0.1, -0.05) is 0 Å². The second-order valence-electron chi connectivity index (χ2n) is 4.96. The number of nitrogens with one attached hydrogen (secondary N) is 1. The normalized spacial score (nSPS) is 18.1. The van der Waals surface area contributed by atoms with Gasteiger partial charge in [0.2, 0.25) is 11.8 Å². The van der Waals surface area contributed by atoms with Crippen molar-refractivity contribution in [2.75, 3.05) is 13.7 Å². The minimum atomic E-state index is -0.496. The first-order chi connectivity index (χ1) is 10.1. The van der Waals surface area contributed by atoms with Crippen LogP contribution in [0.4, 0.5) is 0 Å². The van der Waals surface area contributed by atoms with Crippen molar-refractivity contribution in [1.82, 2.24) is 10.3 Å². The Hall–Kier alpha value is -2.47. The van der Waals surface area contributed by atoms with E-state index in [4.69, 9.17) is 10.5 Å². The number of primary amides is 1. The molecule has 1 unspecified atom stereocenters. The Morgan fingerprint density at radius 2 is 2.24 bits per heavy atom. The van der Waals surface area contributed by atoms with Crippen LogP contribution in [0.5, 0.6) is 5.88 Å². The molecule has 0 spiro atoms. The van der Waals surface area contributed by atoms with Gasteiger partial charge in [-0.2, -0.15) is 0 Å². The number of benzene rings is 1. The number of Topliss-reactive ketones (excluding diaryl/α,β-unsaturated/α-hetero) is 1. The molecule has 2 aromatic rings. The van der Waals surface area contributed by atoms with Gasteiger partial charge in [-0.05, 0) is 29.7 Å². The third-order valence-corrected chi connectivity index (χ3v) is 3.63. The van der Waals surface area contributed by atoms with Crippen LogP contribution in [0.25, 0.3) is 10.8 Å². The van der Waals surface area contributed by atoms with Crippen LogP contribution in [-0.4, -0.2) is 30.3 Å². The van der Waals surface area contributed by atoms with Gasteiger partial charge in [-0.15, -0.1) is 0 Å². The lowest BCUT2D eigenvalue weighted by atomic mass is 10.0. The molecule has 0 aliphatic carbocycles. The third kappa shape index (κ3) is 2.34. The summed E-state index contributed by atoms with van der Waals surface area (Å²) >= 11 is 0. The number of fused-ring (bicyclic) bond motifs is 1.